The van der Waals surface area contributed by atoms with E-state index in [2.05, 4.69) is 12.3 Å². The molecule has 0 aliphatic carbocycles. The summed E-state index contributed by atoms with van der Waals surface area (Å²) in [4.78, 5) is 0. The Kier molecular flexibility index (Phi) is 3.51. The topological polar surface area (TPSA) is 20.2 Å². The van der Waals surface area contributed by atoms with Crippen LogP contribution in [-0.4, -0.2) is 5.11 Å². The monoisotopic (exact) mass is 174 g/mol. The van der Waals surface area contributed by atoms with Crippen LogP contribution in [0.3, 0.4) is 0 Å². The van der Waals surface area contributed by atoms with E-state index in [0.717, 1.165) is 17.6 Å². The van der Waals surface area contributed by atoms with Crippen molar-refractivity contribution in [3.05, 3.63) is 53.8 Å². The zero-order valence-corrected chi connectivity index (χ0v) is 7.83. The highest BCUT2D eigenvalue weighted by Gasteiger charge is 2.09. The van der Waals surface area contributed by atoms with Gasteiger partial charge in [-0.05, 0) is 12.0 Å². The Bertz CT molecular complexity index is 307. The predicted molar refractivity (Wildman–Crippen MR) is 54.3 cm³/mol. The van der Waals surface area contributed by atoms with Crippen molar-refractivity contribution in [2.45, 2.75) is 19.4 Å². The standard InChI is InChI=1S/C12H14O/c1-3-10(4-2)12(13)11-8-6-5-7-9-11/h5-9,12-13H,1,4H2,2H3/t12-/m1/s1. The lowest BCUT2D eigenvalue weighted by Crippen LogP contribution is -1.99. The third kappa shape index (κ3) is 2.32. The molecule has 0 bridgehead atoms. The van der Waals surface area contributed by atoms with E-state index in [4.69, 9.17) is 0 Å². The van der Waals surface area contributed by atoms with Crippen molar-refractivity contribution in [2.24, 2.45) is 0 Å². The Hall–Kier alpha value is -1.30. The molecule has 0 fully saturated rings. The van der Waals surface area contributed by atoms with Gasteiger partial charge in [0.25, 0.3) is 0 Å². The van der Waals surface area contributed by atoms with Gasteiger partial charge in [-0.1, -0.05) is 43.8 Å². The number of hydrogen-bond acceptors (Lipinski definition) is 1. The average Bonchev–Trinajstić information content (AvgIpc) is 2.21. The third-order valence-electron chi connectivity index (χ3n) is 2.05. The van der Waals surface area contributed by atoms with E-state index in [1.807, 2.05) is 37.3 Å². The fourth-order valence-electron chi connectivity index (χ4n) is 1.25. The van der Waals surface area contributed by atoms with Crippen LogP contribution >= 0.6 is 0 Å². The van der Waals surface area contributed by atoms with Crippen molar-refractivity contribution in [1.82, 2.24) is 0 Å². The van der Waals surface area contributed by atoms with E-state index in [9.17, 15) is 5.11 Å². The lowest BCUT2D eigenvalue weighted by Gasteiger charge is -2.11. The smallest absolute Gasteiger partial charge is 0.107 e. The highest BCUT2D eigenvalue weighted by molar-refractivity contribution is 5.25. The van der Waals surface area contributed by atoms with Crippen molar-refractivity contribution >= 4 is 0 Å². The molecule has 0 saturated heterocycles. The molecular weight excluding hydrogens is 160 g/mol. The molecule has 0 aliphatic rings. The summed E-state index contributed by atoms with van der Waals surface area (Å²) in [6.45, 7) is 5.54. The van der Waals surface area contributed by atoms with Gasteiger partial charge in [-0.2, -0.15) is 0 Å². The van der Waals surface area contributed by atoms with Crippen LogP contribution in [0.2, 0.25) is 0 Å². The third-order valence-corrected chi connectivity index (χ3v) is 2.05. The first kappa shape index (κ1) is 9.79. The van der Waals surface area contributed by atoms with Gasteiger partial charge in [-0.25, -0.2) is 0 Å². The number of aliphatic hydroxyl groups excluding tert-OH is 1. The summed E-state index contributed by atoms with van der Waals surface area (Å²) < 4.78 is 0. The first-order chi connectivity index (χ1) is 6.29. The summed E-state index contributed by atoms with van der Waals surface area (Å²) in [5.74, 6) is 0. The summed E-state index contributed by atoms with van der Waals surface area (Å²) >= 11 is 0. The molecule has 1 atom stereocenters. The molecule has 1 aromatic carbocycles. The summed E-state index contributed by atoms with van der Waals surface area (Å²) in [5.41, 5.74) is 4.50. The maximum Gasteiger partial charge on any atom is 0.107 e. The minimum absolute atomic E-state index is 0.552. The fraction of sp³-hybridized carbons (Fsp3) is 0.250. The molecule has 1 N–H and O–H groups in total. The van der Waals surface area contributed by atoms with Crippen LogP contribution in [0.1, 0.15) is 25.0 Å². The first-order valence-electron chi connectivity index (χ1n) is 4.41. The molecule has 0 aliphatic heterocycles. The molecule has 68 valence electrons. The molecule has 1 aromatic rings. The van der Waals surface area contributed by atoms with Crippen molar-refractivity contribution in [3.63, 3.8) is 0 Å². The largest absolute Gasteiger partial charge is 0.383 e. The molecule has 0 saturated carbocycles. The Morgan fingerprint density at radius 1 is 1.46 bits per heavy atom. The second-order valence-electron chi connectivity index (χ2n) is 2.87. The van der Waals surface area contributed by atoms with Gasteiger partial charge in [0.05, 0.1) is 0 Å². The van der Waals surface area contributed by atoms with Crippen molar-refractivity contribution in [2.75, 3.05) is 0 Å². The Morgan fingerprint density at radius 2 is 2.08 bits per heavy atom. The molecule has 0 radical (unpaired) electrons. The zero-order chi connectivity index (χ0) is 9.68. The van der Waals surface area contributed by atoms with Crippen LogP contribution in [0.4, 0.5) is 0 Å². The van der Waals surface area contributed by atoms with Crippen molar-refractivity contribution < 1.29 is 5.11 Å². The summed E-state index contributed by atoms with van der Waals surface area (Å²) in [6, 6.07) is 9.55. The number of aliphatic hydroxyl groups is 1. The molecule has 0 spiro atoms. The Morgan fingerprint density at radius 3 is 2.54 bits per heavy atom. The van der Waals surface area contributed by atoms with Gasteiger partial charge >= 0.3 is 0 Å². The van der Waals surface area contributed by atoms with Crippen LogP contribution in [-0.2, 0) is 0 Å². The predicted octanol–water partition coefficient (Wildman–Crippen LogP) is 2.84. The molecular formula is C12H14O. The van der Waals surface area contributed by atoms with Gasteiger partial charge in [0, 0.05) is 5.57 Å². The van der Waals surface area contributed by atoms with Crippen molar-refractivity contribution in [3.8, 4) is 0 Å². The molecule has 1 heteroatoms. The second kappa shape index (κ2) is 4.66. The number of hydrogen-bond donors (Lipinski definition) is 1. The summed E-state index contributed by atoms with van der Waals surface area (Å²) in [5, 5.41) is 9.84. The van der Waals surface area contributed by atoms with Crippen LogP contribution in [0.5, 0.6) is 0 Å². The average molecular weight is 174 g/mol. The minimum Gasteiger partial charge on any atom is -0.383 e. The molecule has 0 heterocycles. The number of rotatable bonds is 3. The molecule has 1 nitrogen and oxygen atoms in total. The van der Waals surface area contributed by atoms with E-state index in [-0.39, 0.29) is 0 Å². The van der Waals surface area contributed by atoms with Crippen LogP contribution in [0.15, 0.2) is 48.2 Å². The highest BCUT2D eigenvalue weighted by Crippen LogP contribution is 2.22. The van der Waals surface area contributed by atoms with Crippen LogP contribution in [0.25, 0.3) is 0 Å². The molecule has 0 amide bonds. The molecule has 0 unspecified atom stereocenters. The Labute approximate surface area is 79.0 Å². The van der Waals surface area contributed by atoms with Gasteiger partial charge in [0.2, 0.25) is 0 Å². The molecule has 0 aromatic heterocycles. The van der Waals surface area contributed by atoms with E-state index in [1.54, 1.807) is 0 Å². The van der Waals surface area contributed by atoms with Crippen molar-refractivity contribution in [1.29, 1.82) is 0 Å². The van der Waals surface area contributed by atoms with Gasteiger partial charge in [0.15, 0.2) is 0 Å². The summed E-state index contributed by atoms with van der Waals surface area (Å²) in [7, 11) is 0. The quantitative estimate of drug-likeness (QED) is 0.698. The number of benzene rings is 1. The van der Waals surface area contributed by atoms with Crippen LogP contribution in [0, 0.1) is 0 Å². The normalized spacial score (nSPS) is 11.8. The molecule has 13 heavy (non-hydrogen) atoms. The van der Waals surface area contributed by atoms with E-state index >= 15 is 0 Å². The second-order valence-corrected chi connectivity index (χ2v) is 2.87. The van der Waals surface area contributed by atoms with E-state index in [0.29, 0.717) is 0 Å². The van der Waals surface area contributed by atoms with Gasteiger partial charge in [-0.3, -0.25) is 0 Å². The SMILES string of the molecule is C=C=C(CC)[C@@H](O)c1ccccc1. The lowest BCUT2D eigenvalue weighted by molar-refractivity contribution is 0.212. The summed E-state index contributed by atoms with van der Waals surface area (Å²) in [6.07, 6.45) is 0.225. The minimum atomic E-state index is -0.552. The lowest BCUT2D eigenvalue weighted by atomic mass is 10.0. The van der Waals surface area contributed by atoms with E-state index in [1.165, 1.54) is 0 Å². The Balaban J connectivity index is 2.91. The maximum atomic E-state index is 9.84. The fourth-order valence-corrected chi connectivity index (χ4v) is 1.25. The first-order valence-corrected chi connectivity index (χ1v) is 4.41. The molecule has 1 rings (SSSR count). The van der Waals surface area contributed by atoms with Gasteiger partial charge < -0.3 is 5.11 Å². The van der Waals surface area contributed by atoms with Crippen LogP contribution < -0.4 is 0 Å². The zero-order valence-electron chi connectivity index (χ0n) is 7.83. The van der Waals surface area contributed by atoms with E-state index < -0.39 is 6.10 Å². The van der Waals surface area contributed by atoms with Gasteiger partial charge in [0.1, 0.15) is 6.10 Å². The van der Waals surface area contributed by atoms with Gasteiger partial charge in [-0.15, -0.1) is 5.73 Å². The highest BCUT2D eigenvalue weighted by atomic mass is 16.3. The maximum absolute atomic E-state index is 9.84.